The molecule has 0 aliphatic rings. The van der Waals surface area contributed by atoms with Gasteiger partial charge in [-0.15, -0.1) is 0 Å². The second-order valence-corrected chi connectivity index (χ2v) is 6.94. The second kappa shape index (κ2) is 6.99. The summed E-state index contributed by atoms with van der Waals surface area (Å²) in [5, 5.41) is 6.16. The van der Waals surface area contributed by atoms with E-state index in [4.69, 9.17) is 14.0 Å². The third kappa shape index (κ3) is 2.82. The number of rotatable bonds is 4. The maximum Gasteiger partial charge on any atom is 0.175 e. The van der Waals surface area contributed by atoms with Crippen molar-refractivity contribution in [2.75, 3.05) is 14.2 Å². The maximum absolute atomic E-state index is 5.66. The van der Waals surface area contributed by atoms with Crippen molar-refractivity contribution in [2.24, 2.45) is 0 Å². The molecule has 3 aromatic carbocycles. The van der Waals surface area contributed by atoms with Gasteiger partial charge in [0.1, 0.15) is 11.5 Å². The summed E-state index contributed by atoms with van der Waals surface area (Å²) in [6.45, 7) is 0. The average Bonchev–Trinajstić information content (AvgIpc) is 3.16. The van der Waals surface area contributed by atoms with Gasteiger partial charge in [-0.3, -0.25) is 0 Å². The van der Waals surface area contributed by atoms with E-state index in [0.29, 0.717) is 0 Å². The van der Waals surface area contributed by atoms with Gasteiger partial charge in [-0.25, -0.2) is 0 Å². The van der Waals surface area contributed by atoms with E-state index >= 15 is 0 Å². The lowest BCUT2D eigenvalue weighted by Gasteiger charge is -2.10. The molecule has 0 atom stereocenters. The minimum absolute atomic E-state index is 0.741. The number of hydrogen-bond acceptors (Lipinski definition) is 4. The zero-order valence-electron chi connectivity index (χ0n) is 14.3. The van der Waals surface area contributed by atoms with Gasteiger partial charge in [-0.2, -0.15) is 0 Å². The van der Waals surface area contributed by atoms with Crippen molar-refractivity contribution in [3.05, 3.63) is 64.4 Å². The van der Waals surface area contributed by atoms with Gasteiger partial charge in [-0.05, 0) is 57.8 Å². The number of hydrogen-bond donors (Lipinski definition) is 0. The van der Waals surface area contributed by atoms with Crippen molar-refractivity contribution < 1.29 is 14.0 Å². The molecular formula is C21H16INO3. The fraction of sp³-hybridized carbons (Fsp3) is 0.0952. The SMILES string of the molecule is COc1ccc(-c2cnoc2-c2ccc(OC)c3ccccc23)cc1I. The first-order valence-electron chi connectivity index (χ1n) is 8.07. The number of ether oxygens (including phenoxy) is 2. The largest absolute Gasteiger partial charge is 0.496 e. The second-order valence-electron chi connectivity index (χ2n) is 5.78. The standard InChI is InChI=1S/C21H16INO3/c1-24-19-10-8-16(14-5-3-4-6-15(14)19)21-17(12-23-26-21)13-7-9-20(25-2)18(22)11-13/h3-12H,1-2H3. The Morgan fingerprint density at radius 3 is 2.31 bits per heavy atom. The number of benzene rings is 3. The Hall–Kier alpha value is -2.54. The Bertz CT molecular complexity index is 1090. The molecule has 0 aliphatic heterocycles. The maximum atomic E-state index is 5.66. The summed E-state index contributed by atoms with van der Waals surface area (Å²) in [4.78, 5) is 0. The normalized spacial score (nSPS) is 10.9. The van der Waals surface area contributed by atoms with Gasteiger partial charge in [0.05, 0.1) is 24.0 Å². The van der Waals surface area contributed by atoms with Crippen LogP contribution in [0.2, 0.25) is 0 Å². The van der Waals surface area contributed by atoms with Crippen LogP contribution in [0.25, 0.3) is 33.2 Å². The molecule has 4 rings (SSSR count). The molecule has 26 heavy (non-hydrogen) atoms. The van der Waals surface area contributed by atoms with Crippen LogP contribution in [0, 0.1) is 3.57 Å². The zero-order chi connectivity index (χ0) is 18.1. The molecule has 1 aromatic heterocycles. The fourth-order valence-corrected chi connectivity index (χ4v) is 3.86. The van der Waals surface area contributed by atoms with E-state index in [1.165, 1.54) is 0 Å². The molecule has 4 nitrogen and oxygen atoms in total. The van der Waals surface area contributed by atoms with Crippen LogP contribution in [-0.2, 0) is 0 Å². The van der Waals surface area contributed by atoms with E-state index in [1.807, 2.05) is 42.5 Å². The van der Waals surface area contributed by atoms with Gasteiger partial charge in [0, 0.05) is 16.5 Å². The van der Waals surface area contributed by atoms with Crippen LogP contribution >= 0.6 is 22.6 Å². The van der Waals surface area contributed by atoms with E-state index < -0.39 is 0 Å². The van der Waals surface area contributed by atoms with E-state index in [1.54, 1.807) is 20.4 Å². The van der Waals surface area contributed by atoms with Crippen molar-refractivity contribution >= 4 is 33.4 Å². The topological polar surface area (TPSA) is 44.5 Å². The van der Waals surface area contributed by atoms with Crippen LogP contribution in [0.1, 0.15) is 0 Å². The molecule has 1 heterocycles. The van der Waals surface area contributed by atoms with E-state index in [2.05, 4.69) is 39.9 Å². The van der Waals surface area contributed by atoms with Gasteiger partial charge in [-0.1, -0.05) is 35.5 Å². The molecule has 0 saturated heterocycles. The third-order valence-electron chi connectivity index (χ3n) is 4.38. The lowest BCUT2D eigenvalue weighted by Crippen LogP contribution is -1.89. The van der Waals surface area contributed by atoms with Gasteiger partial charge in [0.15, 0.2) is 5.76 Å². The van der Waals surface area contributed by atoms with Crippen molar-refractivity contribution in [3.8, 4) is 33.9 Å². The lowest BCUT2D eigenvalue weighted by atomic mass is 9.97. The molecule has 0 saturated carbocycles. The number of aromatic nitrogens is 1. The Morgan fingerprint density at radius 1 is 0.846 bits per heavy atom. The summed E-state index contributed by atoms with van der Waals surface area (Å²) in [5.41, 5.74) is 2.96. The van der Waals surface area contributed by atoms with E-state index in [-0.39, 0.29) is 0 Å². The van der Waals surface area contributed by atoms with Crippen LogP contribution < -0.4 is 9.47 Å². The van der Waals surface area contributed by atoms with Crippen LogP contribution in [0.5, 0.6) is 11.5 Å². The van der Waals surface area contributed by atoms with Crippen molar-refractivity contribution in [1.82, 2.24) is 5.16 Å². The summed E-state index contributed by atoms with van der Waals surface area (Å²) in [6, 6.07) is 18.1. The summed E-state index contributed by atoms with van der Waals surface area (Å²) < 4.78 is 17.5. The Labute approximate surface area is 164 Å². The smallest absolute Gasteiger partial charge is 0.175 e. The molecule has 0 N–H and O–H groups in total. The summed E-state index contributed by atoms with van der Waals surface area (Å²) >= 11 is 2.27. The third-order valence-corrected chi connectivity index (χ3v) is 5.22. The molecule has 0 radical (unpaired) electrons. The van der Waals surface area contributed by atoms with Crippen molar-refractivity contribution in [1.29, 1.82) is 0 Å². The predicted octanol–water partition coefficient (Wildman–Crippen LogP) is 5.78. The highest BCUT2D eigenvalue weighted by Gasteiger charge is 2.17. The Kier molecular flexibility index (Phi) is 4.55. The summed E-state index contributed by atoms with van der Waals surface area (Å²) in [6.07, 6.45) is 1.76. The minimum atomic E-state index is 0.741. The van der Waals surface area contributed by atoms with Gasteiger partial charge < -0.3 is 14.0 Å². The van der Waals surface area contributed by atoms with Crippen LogP contribution in [0.15, 0.2) is 65.3 Å². The van der Waals surface area contributed by atoms with E-state index in [0.717, 1.165) is 48.3 Å². The van der Waals surface area contributed by atoms with E-state index in [9.17, 15) is 0 Å². The summed E-state index contributed by atoms with van der Waals surface area (Å²) in [5.74, 6) is 2.43. The quantitative estimate of drug-likeness (QED) is 0.365. The number of halogens is 1. The van der Waals surface area contributed by atoms with Crippen LogP contribution in [-0.4, -0.2) is 19.4 Å². The molecule has 0 aliphatic carbocycles. The first-order valence-corrected chi connectivity index (χ1v) is 9.15. The zero-order valence-corrected chi connectivity index (χ0v) is 16.5. The number of fused-ring (bicyclic) bond motifs is 1. The predicted molar refractivity (Wildman–Crippen MR) is 111 cm³/mol. The van der Waals surface area contributed by atoms with Crippen LogP contribution in [0.4, 0.5) is 0 Å². The fourth-order valence-electron chi connectivity index (χ4n) is 3.12. The lowest BCUT2D eigenvalue weighted by molar-refractivity contribution is 0.412. The molecule has 0 unspecified atom stereocenters. The molecular weight excluding hydrogens is 441 g/mol. The molecule has 4 aromatic rings. The minimum Gasteiger partial charge on any atom is -0.496 e. The number of nitrogens with zero attached hydrogens (tertiary/aromatic N) is 1. The van der Waals surface area contributed by atoms with Gasteiger partial charge >= 0.3 is 0 Å². The molecule has 5 heteroatoms. The van der Waals surface area contributed by atoms with Gasteiger partial charge in [0.25, 0.3) is 0 Å². The first kappa shape index (κ1) is 16.9. The van der Waals surface area contributed by atoms with Gasteiger partial charge in [0.2, 0.25) is 0 Å². The van der Waals surface area contributed by atoms with Crippen molar-refractivity contribution in [3.63, 3.8) is 0 Å². The molecule has 0 bridgehead atoms. The number of methoxy groups -OCH3 is 2. The van der Waals surface area contributed by atoms with Crippen molar-refractivity contribution in [2.45, 2.75) is 0 Å². The molecule has 130 valence electrons. The molecule has 0 spiro atoms. The average molecular weight is 457 g/mol. The highest BCUT2D eigenvalue weighted by Crippen LogP contribution is 2.39. The van der Waals surface area contributed by atoms with Crippen LogP contribution in [0.3, 0.4) is 0 Å². The molecule has 0 amide bonds. The first-order chi connectivity index (χ1) is 12.7. The monoisotopic (exact) mass is 457 g/mol. The summed E-state index contributed by atoms with van der Waals surface area (Å²) in [7, 11) is 3.35. The molecule has 0 fully saturated rings. The highest BCUT2D eigenvalue weighted by atomic mass is 127. The Balaban J connectivity index is 1.91. The highest BCUT2D eigenvalue weighted by molar-refractivity contribution is 14.1. The Morgan fingerprint density at radius 2 is 1.58 bits per heavy atom.